The first-order valence-corrected chi connectivity index (χ1v) is 4.93. The lowest BCUT2D eigenvalue weighted by Crippen LogP contribution is -2.18. The molecule has 0 saturated carbocycles. The summed E-state index contributed by atoms with van der Waals surface area (Å²) in [5.74, 6) is 0. The fraction of sp³-hybridized carbons (Fsp3) is 0.300. The molecule has 2 nitrogen and oxygen atoms in total. The summed E-state index contributed by atoms with van der Waals surface area (Å²) in [6, 6.07) is 5.19. The fourth-order valence-electron chi connectivity index (χ4n) is 1.18. The molecule has 0 fully saturated rings. The number of hydrogen-bond acceptors (Lipinski definition) is 2. The minimum Gasteiger partial charge on any atom is -0.328 e. The van der Waals surface area contributed by atoms with E-state index in [0.29, 0.717) is 22.0 Å². The zero-order valence-electron chi connectivity index (χ0n) is 7.72. The van der Waals surface area contributed by atoms with Crippen molar-refractivity contribution in [1.82, 2.24) is 0 Å². The smallest absolute Gasteiger partial charge is 0.0992 e. The van der Waals surface area contributed by atoms with E-state index in [1.54, 1.807) is 12.1 Å². The largest absolute Gasteiger partial charge is 0.328 e. The van der Waals surface area contributed by atoms with Crippen LogP contribution in [0.15, 0.2) is 12.1 Å². The average molecular weight is 229 g/mol. The second kappa shape index (κ2) is 4.65. The Morgan fingerprint density at radius 1 is 1.43 bits per heavy atom. The van der Waals surface area contributed by atoms with Gasteiger partial charge in [0.25, 0.3) is 0 Å². The maximum absolute atomic E-state index is 8.67. The van der Waals surface area contributed by atoms with Crippen molar-refractivity contribution in [1.29, 1.82) is 5.26 Å². The van der Waals surface area contributed by atoms with Crippen LogP contribution in [0.5, 0.6) is 0 Å². The highest BCUT2D eigenvalue weighted by Gasteiger charge is 2.09. The molecule has 2 N–H and O–H groups in total. The number of halogens is 2. The van der Waals surface area contributed by atoms with E-state index in [1.165, 1.54) is 0 Å². The molecular weight excluding hydrogens is 219 g/mol. The Kier molecular flexibility index (Phi) is 3.77. The molecule has 14 heavy (non-hydrogen) atoms. The SMILES string of the molecule is CC(N)Cc1c(Cl)cc(C#N)cc1Cl. The van der Waals surface area contributed by atoms with E-state index < -0.39 is 0 Å². The molecule has 0 amide bonds. The average Bonchev–Trinajstić information content (AvgIpc) is 2.10. The van der Waals surface area contributed by atoms with Gasteiger partial charge in [-0.05, 0) is 31.0 Å². The van der Waals surface area contributed by atoms with E-state index in [-0.39, 0.29) is 6.04 Å². The predicted octanol–water partition coefficient (Wildman–Crippen LogP) is 2.75. The summed E-state index contributed by atoms with van der Waals surface area (Å²) in [4.78, 5) is 0. The molecule has 4 heteroatoms. The first kappa shape index (κ1) is 11.3. The minimum atomic E-state index is -0.00191. The molecular formula is C10H10Cl2N2. The number of hydrogen-bond donors (Lipinski definition) is 1. The van der Waals surface area contributed by atoms with Gasteiger partial charge < -0.3 is 5.73 Å². The van der Waals surface area contributed by atoms with Gasteiger partial charge in [-0.1, -0.05) is 23.2 Å². The Balaban J connectivity index is 3.13. The Morgan fingerprint density at radius 2 is 1.93 bits per heavy atom. The standard InChI is InChI=1S/C10H10Cl2N2/c1-6(14)2-8-9(11)3-7(5-13)4-10(8)12/h3-4,6H,2,14H2,1H3. The van der Waals surface area contributed by atoms with Crippen LogP contribution in [0.3, 0.4) is 0 Å². The summed E-state index contributed by atoms with van der Waals surface area (Å²) in [6.07, 6.45) is 0.614. The summed E-state index contributed by atoms with van der Waals surface area (Å²) in [5, 5.41) is 9.68. The van der Waals surface area contributed by atoms with Crippen LogP contribution in [-0.4, -0.2) is 6.04 Å². The summed E-state index contributed by atoms with van der Waals surface area (Å²) in [5.41, 5.74) is 6.92. The highest BCUT2D eigenvalue weighted by atomic mass is 35.5. The van der Waals surface area contributed by atoms with Gasteiger partial charge in [0, 0.05) is 16.1 Å². The monoisotopic (exact) mass is 228 g/mol. The molecule has 1 aromatic rings. The molecule has 0 aromatic heterocycles. The number of nitrogens with zero attached hydrogens (tertiary/aromatic N) is 1. The molecule has 1 unspecified atom stereocenters. The van der Waals surface area contributed by atoms with Gasteiger partial charge in [0.15, 0.2) is 0 Å². The number of nitrogens with two attached hydrogens (primary N) is 1. The topological polar surface area (TPSA) is 49.8 Å². The van der Waals surface area contributed by atoms with Gasteiger partial charge >= 0.3 is 0 Å². The molecule has 0 saturated heterocycles. The van der Waals surface area contributed by atoms with Crippen molar-refractivity contribution in [2.45, 2.75) is 19.4 Å². The highest BCUT2D eigenvalue weighted by Crippen LogP contribution is 2.27. The van der Waals surface area contributed by atoms with Crippen LogP contribution < -0.4 is 5.73 Å². The summed E-state index contributed by atoms with van der Waals surface area (Å²) >= 11 is 11.9. The first-order chi connectivity index (χ1) is 6.54. The molecule has 0 aliphatic carbocycles. The lowest BCUT2D eigenvalue weighted by atomic mass is 10.1. The van der Waals surface area contributed by atoms with Gasteiger partial charge in [-0.2, -0.15) is 5.26 Å². The predicted molar refractivity (Wildman–Crippen MR) is 58.5 cm³/mol. The third kappa shape index (κ3) is 2.62. The lowest BCUT2D eigenvalue weighted by molar-refractivity contribution is 0.738. The Morgan fingerprint density at radius 3 is 2.29 bits per heavy atom. The van der Waals surface area contributed by atoms with Gasteiger partial charge in [0.05, 0.1) is 11.6 Å². The number of benzene rings is 1. The molecule has 74 valence electrons. The summed E-state index contributed by atoms with van der Waals surface area (Å²) in [6.45, 7) is 1.88. The van der Waals surface area contributed by atoms with Crippen molar-refractivity contribution in [3.8, 4) is 6.07 Å². The Bertz CT molecular complexity index is 357. The first-order valence-electron chi connectivity index (χ1n) is 4.18. The third-order valence-corrected chi connectivity index (χ3v) is 2.47. The van der Waals surface area contributed by atoms with Crippen molar-refractivity contribution in [3.63, 3.8) is 0 Å². The third-order valence-electron chi connectivity index (χ3n) is 1.80. The van der Waals surface area contributed by atoms with Crippen LogP contribution in [0, 0.1) is 11.3 Å². The molecule has 0 heterocycles. The molecule has 0 radical (unpaired) electrons. The van der Waals surface area contributed by atoms with Crippen LogP contribution in [0.4, 0.5) is 0 Å². The number of rotatable bonds is 2. The van der Waals surface area contributed by atoms with E-state index in [2.05, 4.69) is 0 Å². The molecule has 0 bridgehead atoms. The van der Waals surface area contributed by atoms with Gasteiger partial charge in [-0.3, -0.25) is 0 Å². The molecule has 1 atom stereocenters. The maximum Gasteiger partial charge on any atom is 0.0992 e. The van der Waals surface area contributed by atoms with Gasteiger partial charge in [-0.15, -0.1) is 0 Å². The fourth-order valence-corrected chi connectivity index (χ4v) is 1.83. The number of nitriles is 1. The summed E-state index contributed by atoms with van der Waals surface area (Å²) in [7, 11) is 0. The van der Waals surface area contributed by atoms with Crippen molar-refractivity contribution in [2.24, 2.45) is 5.73 Å². The van der Waals surface area contributed by atoms with Crippen LogP contribution in [0.1, 0.15) is 18.1 Å². The van der Waals surface area contributed by atoms with Crippen molar-refractivity contribution in [2.75, 3.05) is 0 Å². The molecule has 0 spiro atoms. The van der Waals surface area contributed by atoms with E-state index in [1.807, 2.05) is 13.0 Å². The molecule has 0 aliphatic heterocycles. The van der Waals surface area contributed by atoms with Crippen LogP contribution >= 0.6 is 23.2 Å². The van der Waals surface area contributed by atoms with E-state index in [0.717, 1.165) is 5.56 Å². The minimum absolute atomic E-state index is 0.00191. The quantitative estimate of drug-likeness (QED) is 0.847. The molecule has 0 aliphatic rings. The van der Waals surface area contributed by atoms with E-state index in [9.17, 15) is 0 Å². The van der Waals surface area contributed by atoms with Gasteiger partial charge in [-0.25, -0.2) is 0 Å². The zero-order chi connectivity index (χ0) is 10.7. The molecule has 1 rings (SSSR count). The van der Waals surface area contributed by atoms with Crippen molar-refractivity contribution in [3.05, 3.63) is 33.3 Å². The maximum atomic E-state index is 8.67. The van der Waals surface area contributed by atoms with Crippen LogP contribution in [0.25, 0.3) is 0 Å². The van der Waals surface area contributed by atoms with Crippen molar-refractivity contribution < 1.29 is 0 Å². The lowest BCUT2D eigenvalue weighted by Gasteiger charge is -2.09. The highest BCUT2D eigenvalue weighted by molar-refractivity contribution is 6.36. The molecule has 1 aromatic carbocycles. The zero-order valence-corrected chi connectivity index (χ0v) is 9.23. The summed E-state index contributed by atoms with van der Waals surface area (Å²) < 4.78 is 0. The van der Waals surface area contributed by atoms with E-state index in [4.69, 9.17) is 34.2 Å². The normalized spacial score (nSPS) is 12.2. The van der Waals surface area contributed by atoms with Gasteiger partial charge in [0.2, 0.25) is 0 Å². The Labute approximate surface area is 93.2 Å². The van der Waals surface area contributed by atoms with Crippen LogP contribution in [0.2, 0.25) is 10.0 Å². The second-order valence-electron chi connectivity index (χ2n) is 3.21. The Hall–Kier alpha value is -0.750. The van der Waals surface area contributed by atoms with E-state index >= 15 is 0 Å². The second-order valence-corrected chi connectivity index (χ2v) is 4.03. The van der Waals surface area contributed by atoms with Gasteiger partial charge in [0.1, 0.15) is 0 Å². The van der Waals surface area contributed by atoms with Crippen LogP contribution in [-0.2, 0) is 6.42 Å². The van der Waals surface area contributed by atoms with Crippen molar-refractivity contribution >= 4 is 23.2 Å².